The summed E-state index contributed by atoms with van der Waals surface area (Å²) in [6, 6.07) is 6.49. The third kappa shape index (κ3) is 3.64. The topological polar surface area (TPSA) is 42.2 Å². The van der Waals surface area contributed by atoms with Crippen LogP contribution in [0.2, 0.25) is 5.02 Å². The van der Waals surface area contributed by atoms with Crippen molar-refractivity contribution >= 4 is 27.5 Å². The van der Waals surface area contributed by atoms with Crippen LogP contribution in [0.3, 0.4) is 0 Å². The van der Waals surface area contributed by atoms with Crippen molar-refractivity contribution in [2.75, 3.05) is 0 Å². The van der Waals surface area contributed by atoms with E-state index >= 15 is 0 Å². The Morgan fingerprint density at radius 3 is 2.44 bits per heavy atom. The summed E-state index contributed by atoms with van der Waals surface area (Å²) in [5.41, 5.74) is -3.90. The smallest absolute Gasteiger partial charge is 0.376 e. The summed E-state index contributed by atoms with van der Waals surface area (Å²) < 4.78 is 43.4. The average molecular weight is 439 g/mol. The second-order valence-corrected chi connectivity index (χ2v) is 7.02. The molecule has 2 aromatic rings. The standard InChI is InChI=1S/C17H16BrClF3NO2/c1-3-23-9-11(4-7-15(23)24)16(25,17(20,21)22)10(2)13-6-5-12(18)8-14(13)19/h4-10,25H,3H2,1-2H3. The molecule has 0 radical (unpaired) electrons. The van der Waals surface area contributed by atoms with Crippen LogP contribution in [0.5, 0.6) is 0 Å². The number of alkyl halides is 3. The first-order valence-corrected chi connectivity index (χ1v) is 8.64. The molecule has 0 bridgehead atoms. The van der Waals surface area contributed by atoms with Crippen LogP contribution in [0.4, 0.5) is 13.2 Å². The van der Waals surface area contributed by atoms with Crippen molar-refractivity contribution in [1.82, 2.24) is 4.57 Å². The molecule has 25 heavy (non-hydrogen) atoms. The highest BCUT2D eigenvalue weighted by molar-refractivity contribution is 9.10. The summed E-state index contributed by atoms with van der Waals surface area (Å²) in [7, 11) is 0. The summed E-state index contributed by atoms with van der Waals surface area (Å²) in [5, 5.41) is 10.8. The van der Waals surface area contributed by atoms with Crippen LogP contribution < -0.4 is 5.56 Å². The molecule has 2 unspecified atom stereocenters. The molecule has 0 fully saturated rings. The summed E-state index contributed by atoms with van der Waals surface area (Å²) in [6.45, 7) is 3.07. The second-order valence-electron chi connectivity index (χ2n) is 5.69. The number of aromatic nitrogens is 1. The number of aliphatic hydroxyl groups is 1. The zero-order valence-corrected chi connectivity index (χ0v) is 15.8. The highest BCUT2D eigenvalue weighted by Gasteiger charge is 2.59. The third-order valence-electron chi connectivity index (χ3n) is 4.25. The number of benzene rings is 1. The number of hydrogen-bond acceptors (Lipinski definition) is 2. The minimum absolute atomic E-state index is 0.105. The number of rotatable bonds is 4. The first kappa shape index (κ1) is 20.0. The highest BCUT2D eigenvalue weighted by Crippen LogP contribution is 2.49. The summed E-state index contributed by atoms with van der Waals surface area (Å²) in [6.07, 6.45) is -3.93. The summed E-state index contributed by atoms with van der Waals surface area (Å²) in [4.78, 5) is 11.7. The molecule has 1 aromatic carbocycles. The van der Waals surface area contributed by atoms with Gasteiger partial charge >= 0.3 is 6.18 Å². The van der Waals surface area contributed by atoms with Gasteiger partial charge in [0, 0.05) is 39.8 Å². The predicted octanol–water partition coefficient (Wildman–Crippen LogP) is 4.84. The Morgan fingerprint density at radius 2 is 1.92 bits per heavy atom. The Morgan fingerprint density at radius 1 is 1.28 bits per heavy atom. The van der Waals surface area contributed by atoms with Crippen molar-refractivity contribution in [3.63, 3.8) is 0 Å². The molecule has 0 saturated heterocycles. The zero-order chi connectivity index (χ0) is 19.0. The molecule has 1 heterocycles. The van der Waals surface area contributed by atoms with Gasteiger partial charge in [0.15, 0.2) is 5.60 Å². The number of pyridine rings is 1. The van der Waals surface area contributed by atoms with Gasteiger partial charge in [0.25, 0.3) is 5.56 Å². The monoisotopic (exact) mass is 437 g/mol. The first-order valence-electron chi connectivity index (χ1n) is 7.47. The molecule has 0 aliphatic rings. The van der Waals surface area contributed by atoms with Crippen LogP contribution in [0.15, 0.2) is 45.8 Å². The molecule has 136 valence electrons. The fourth-order valence-corrected chi connectivity index (χ4v) is 3.58. The van der Waals surface area contributed by atoms with Crippen LogP contribution in [0.1, 0.15) is 30.9 Å². The van der Waals surface area contributed by atoms with E-state index in [1.165, 1.54) is 19.1 Å². The van der Waals surface area contributed by atoms with Crippen LogP contribution >= 0.6 is 27.5 Å². The van der Waals surface area contributed by atoms with Gasteiger partial charge in [-0.25, -0.2) is 0 Å². The molecule has 0 saturated carbocycles. The van der Waals surface area contributed by atoms with Gasteiger partial charge in [0.1, 0.15) is 0 Å². The van der Waals surface area contributed by atoms with E-state index in [1.54, 1.807) is 13.0 Å². The van der Waals surface area contributed by atoms with Gasteiger partial charge in [-0.05, 0) is 30.7 Å². The maximum absolute atomic E-state index is 13.9. The molecule has 2 rings (SSSR count). The molecule has 3 nitrogen and oxygen atoms in total. The van der Waals surface area contributed by atoms with Crippen molar-refractivity contribution in [3.05, 3.63) is 67.5 Å². The van der Waals surface area contributed by atoms with Crippen LogP contribution in [-0.4, -0.2) is 15.8 Å². The Labute approximate surface area is 156 Å². The lowest BCUT2D eigenvalue weighted by Crippen LogP contribution is -2.47. The number of aryl methyl sites for hydroxylation is 1. The first-order chi connectivity index (χ1) is 11.5. The molecule has 1 aromatic heterocycles. The highest BCUT2D eigenvalue weighted by atomic mass is 79.9. The molecule has 0 aliphatic heterocycles. The molecule has 0 aliphatic carbocycles. The molecule has 0 spiro atoms. The molecule has 1 N–H and O–H groups in total. The lowest BCUT2D eigenvalue weighted by molar-refractivity contribution is -0.274. The Balaban J connectivity index is 2.68. The number of nitrogens with zero attached hydrogens (tertiary/aromatic N) is 1. The van der Waals surface area contributed by atoms with Gasteiger partial charge in [-0.1, -0.05) is 40.5 Å². The van der Waals surface area contributed by atoms with Crippen LogP contribution in [0, 0.1) is 0 Å². The van der Waals surface area contributed by atoms with Gasteiger partial charge in [-0.15, -0.1) is 0 Å². The fourth-order valence-electron chi connectivity index (χ4n) is 2.74. The minimum atomic E-state index is -4.97. The summed E-state index contributed by atoms with van der Waals surface area (Å²) >= 11 is 9.29. The Kier molecular flexibility index (Phi) is 5.71. The molecule has 2 atom stereocenters. The number of hydrogen-bond donors (Lipinski definition) is 1. The number of halogens is 5. The molecule has 0 amide bonds. The van der Waals surface area contributed by atoms with Crippen molar-refractivity contribution in [3.8, 4) is 0 Å². The third-order valence-corrected chi connectivity index (χ3v) is 5.07. The lowest BCUT2D eigenvalue weighted by Gasteiger charge is -2.37. The SMILES string of the molecule is CCn1cc(C(O)(C(C)c2ccc(Br)cc2Cl)C(F)(F)F)ccc1=O. The van der Waals surface area contributed by atoms with E-state index in [9.17, 15) is 23.1 Å². The van der Waals surface area contributed by atoms with Crippen molar-refractivity contribution in [1.29, 1.82) is 0 Å². The molecule has 8 heteroatoms. The van der Waals surface area contributed by atoms with E-state index < -0.39 is 28.8 Å². The van der Waals surface area contributed by atoms with Gasteiger partial charge in [0.2, 0.25) is 0 Å². The van der Waals surface area contributed by atoms with E-state index in [0.29, 0.717) is 4.47 Å². The Hall–Kier alpha value is -1.31. The van der Waals surface area contributed by atoms with Crippen molar-refractivity contribution < 1.29 is 18.3 Å². The van der Waals surface area contributed by atoms with Crippen LogP contribution in [0.25, 0.3) is 0 Å². The maximum Gasteiger partial charge on any atom is 0.422 e. The average Bonchev–Trinajstić information content (AvgIpc) is 2.53. The maximum atomic E-state index is 13.9. The normalized spacial score (nSPS) is 15.7. The van der Waals surface area contributed by atoms with Gasteiger partial charge in [-0.2, -0.15) is 13.2 Å². The van der Waals surface area contributed by atoms with Crippen molar-refractivity contribution in [2.24, 2.45) is 0 Å². The predicted molar refractivity (Wildman–Crippen MR) is 93.9 cm³/mol. The quantitative estimate of drug-likeness (QED) is 0.742. The van der Waals surface area contributed by atoms with Crippen LogP contribution in [-0.2, 0) is 12.1 Å². The Bertz CT molecular complexity index is 837. The fraction of sp³-hybridized carbons (Fsp3) is 0.353. The minimum Gasteiger partial charge on any atom is -0.376 e. The largest absolute Gasteiger partial charge is 0.422 e. The van der Waals surface area contributed by atoms with Gasteiger partial charge < -0.3 is 9.67 Å². The van der Waals surface area contributed by atoms with E-state index in [1.807, 2.05) is 0 Å². The van der Waals surface area contributed by atoms with Gasteiger partial charge in [-0.3, -0.25) is 4.79 Å². The van der Waals surface area contributed by atoms with E-state index in [0.717, 1.165) is 22.9 Å². The lowest BCUT2D eigenvalue weighted by atomic mass is 9.78. The van der Waals surface area contributed by atoms with E-state index in [4.69, 9.17) is 11.6 Å². The zero-order valence-electron chi connectivity index (χ0n) is 13.4. The summed E-state index contributed by atoms with van der Waals surface area (Å²) in [5.74, 6) is -1.39. The second kappa shape index (κ2) is 7.13. The van der Waals surface area contributed by atoms with E-state index in [2.05, 4.69) is 15.9 Å². The molecular formula is C17H16BrClF3NO2. The van der Waals surface area contributed by atoms with Gasteiger partial charge in [0.05, 0.1) is 0 Å². The molecular weight excluding hydrogens is 423 g/mol. The van der Waals surface area contributed by atoms with E-state index in [-0.39, 0.29) is 17.1 Å². The van der Waals surface area contributed by atoms with Crippen molar-refractivity contribution in [2.45, 2.75) is 38.1 Å².